The van der Waals surface area contributed by atoms with Gasteiger partial charge in [-0.15, -0.1) is 0 Å². The number of likely N-dealkylation sites (tertiary alicyclic amines) is 2. The molecule has 0 aromatic heterocycles. The van der Waals surface area contributed by atoms with Crippen LogP contribution in [0, 0.1) is 22.7 Å². The zero-order chi connectivity index (χ0) is 32.5. The Balaban J connectivity index is 0.000000223. The van der Waals surface area contributed by atoms with Crippen LogP contribution in [-0.2, 0) is 28.6 Å². The minimum absolute atomic E-state index is 0.0391. The first-order valence-corrected chi connectivity index (χ1v) is 16.6. The predicted molar refractivity (Wildman–Crippen MR) is 168 cm³/mol. The van der Waals surface area contributed by atoms with Crippen molar-refractivity contribution in [3.63, 3.8) is 0 Å². The maximum absolute atomic E-state index is 12.4. The number of rotatable bonds is 6. The molecule has 0 bridgehead atoms. The van der Waals surface area contributed by atoms with Crippen molar-refractivity contribution in [2.24, 2.45) is 28.4 Å². The molecule has 1 spiro atoms. The normalized spacial score (nSPS) is 24.6. The van der Waals surface area contributed by atoms with Gasteiger partial charge in [0.15, 0.2) is 0 Å². The van der Waals surface area contributed by atoms with Crippen LogP contribution in [0.1, 0.15) is 92.9 Å². The topological polar surface area (TPSA) is 132 Å². The molecule has 5 fully saturated rings. The second-order valence-electron chi connectivity index (χ2n) is 15.1. The summed E-state index contributed by atoms with van der Waals surface area (Å²) in [4.78, 5) is 50.8. The van der Waals surface area contributed by atoms with Gasteiger partial charge in [0.2, 0.25) is 18.2 Å². The molecule has 252 valence electrons. The van der Waals surface area contributed by atoms with Crippen LogP contribution < -0.4 is 5.73 Å². The molecule has 2 N–H and O–H groups in total. The van der Waals surface area contributed by atoms with Crippen molar-refractivity contribution >= 4 is 24.3 Å². The lowest BCUT2D eigenvalue weighted by Crippen LogP contribution is -2.60. The molecule has 4 amide bonds. The zero-order valence-electron chi connectivity index (χ0n) is 28.1. The molecule has 11 nitrogen and oxygen atoms in total. The van der Waals surface area contributed by atoms with E-state index in [1.54, 1.807) is 4.90 Å². The number of primary amides is 1. The molecular formula is C33H58N4O7. The third-order valence-electron chi connectivity index (χ3n) is 9.43. The number of ether oxygens (including phenoxy) is 3. The van der Waals surface area contributed by atoms with Crippen molar-refractivity contribution < 1.29 is 33.4 Å². The van der Waals surface area contributed by atoms with Crippen molar-refractivity contribution in [1.82, 2.24) is 14.7 Å². The van der Waals surface area contributed by atoms with Crippen LogP contribution in [0.5, 0.6) is 0 Å². The van der Waals surface area contributed by atoms with Crippen LogP contribution in [0.2, 0.25) is 0 Å². The monoisotopic (exact) mass is 622 g/mol. The maximum Gasteiger partial charge on any atom is 0.410 e. The fraction of sp³-hybridized carbons (Fsp3) is 0.879. The fourth-order valence-corrected chi connectivity index (χ4v) is 6.60. The van der Waals surface area contributed by atoms with E-state index in [2.05, 4.69) is 19.6 Å². The molecule has 5 aliphatic rings. The van der Waals surface area contributed by atoms with Gasteiger partial charge >= 0.3 is 6.09 Å². The quantitative estimate of drug-likeness (QED) is 0.446. The number of hydrogen-bond donors (Lipinski definition) is 1. The van der Waals surface area contributed by atoms with Gasteiger partial charge in [-0.2, -0.15) is 0 Å². The van der Waals surface area contributed by atoms with Crippen molar-refractivity contribution in [1.29, 1.82) is 0 Å². The third-order valence-corrected chi connectivity index (χ3v) is 9.43. The Labute approximate surface area is 264 Å². The first kappa shape index (κ1) is 36.1. The van der Waals surface area contributed by atoms with Crippen molar-refractivity contribution in [2.75, 3.05) is 59.1 Å². The molecule has 2 saturated carbocycles. The van der Waals surface area contributed by atoms with Gasteiger partial charge < -0.3 is 34.6 Å². The second kappa shape index (κ2) is 15.7. The average molecular weight is 623 g/mol. The van der Waals surface area contributed by atoms with E-state index in [4.69, 9.17) is 19.0 Å². The lowest BCUT2D eigenvalue weighted by molar-refractivity contribution is -0.145. The minimum Gasteiger partial charge on any atom is -0.444 e. The molecule has 11 heteroatoms. The summed E-state index contributed by atoms with van der Waals surface area (Å²) in [7, 11) is 0. The number of nitrogens with zero attached hydrogens (tertiary/aromatic N) is 3. The van der Waals surface area contributed by atoms with E-state index < -0.39 is 5.60 Å². The van der Waals surface area contributed by atoms with Crippen LogP contribution in [0.25, 0.3) is 0 Å². The molecular weight excluding hydrogens is 564 g/mol. The Morgan fingerprint density at radius 2 is 1.55 bits per heavy atom. The van der Waals surface area contributed by atoms with Gasteiger partial charge in [-0.05, 0) is 64.7 Å². The maximum atomic E-state index is 12.4. The number of morpholine rings is 1. The summed E-state index contributed by atoms with van der Waals surface area (Å²) in [6.45, 7) is 18.7. The summed E-state index contributed by atoms with van der Waals surface area (Å²) in [6, 6.07) is 0. The molecule has 0 aromatic rings. The number of nitrogens with two attached hydrogens (primary N) is 1. The summed E-state index contributed by atoms with van der Waals surface area (Å²) in [5, 5.41) is 0. The SMILES string of the molecule is CC(C)(C)OC(=O)N1CCC2(C1)CN(C(=O)C1CC1(C)C)C2.CC(CC(=O)N1CCOCC1)OCC1CCCCC1.NC=O. The van der Waals surface area contributed by atoms with Crippen molar-refractivity contribution in [2.45, 2.75) is 105 Å². The second-order valence-corrected chi connectivity index (χ2v) is 15.1. The molecule has 2 atom stereocenters. The highest BCUT2D eigenvalue weighted by atomic mass is 16.6. The van der Waals surface area contributed by atoms with Gasteiger partial charge in [0, 0.05) is 57.2 Å². The zero-order valence-corrected chi connectivity index (χ0v) is 28.1. The third kappa shape index (κ3) is 10.9. The Morgan fingerprint density at radius 1 is 0.977 bits per heavy atom. The molecule has 3 aliphatic heterocycles. The van der Waals surface area contributed by atoms with Crippen LogP contribution in [0.4, 0.5) is 4.79 Å². The van der Waals surface area contributed by atoms with Crippen LogP contribution >= 0.6 is 0 Å². The fourth-order valence-electron chi connectivity index (χ4n) is 6.60. The van der Waals surface area contributed by atoms with Crippen molar-refractivity contribution in [3.8, 4) is 0 Å². The molecule has 0 aromatic carbocycles. The highest BCUT2D eigenvalue weighted by Gasteiger charge is 2.57. The van der Waals surface area contributed by atoms with E-state index in [-0.39, 0.29) is 41.3 Å². The minimum atomic E-state index is -0.452. The Bertz CT molecular complexity index is 964. The molecule has 3 heterocycles. The molecule has 3 saturated heterocycles. The highest BCUT2D eigenvalue weighted by molar-refractivity contribution is 5.83. The number of carbonyl (C=O) groups is 4. The lowest BCUT2D eigenvalue weighted by Gasteiger charge is -2.48. The molecule has 0 radical (unpaired) electrons. The Hall–Kier alpha value is -2.40. The molecule has 5 rings (SSSR count). The van der Waals surface area contributed by atoms with E-state index in [1.807, 2.05) is 37.5 Å². The van der Waals surface area contributed by atoms with Crippen LogP contribution in [0.3, 0.4) is 0 Å². The average Bonchev–Trinajstić information content (AvgIpc) is 3.36. The van der Waals surface area contributed by atoms with Gasteiger partial charge in [-0.3, -0.25) is 14.4 Å². The molecule has 2 aliphatic carbocycles. The number of carbonyl (C=O) groups excluding carboxylic acids is 4. The van der Waals surface area contributed by atoms with E-state index in [9.17, 15) is 14.4 Å². The highest BCUT2D eigenvalue weighted by Crippen LogP contribution is 2.54. The van der Waals surface area contributed by atoms with Gasteiger partial charge in [0.25, 0.3) is 0 Å². The summed E-state index contributed by atoms with van der Waals surface area (Å²) in [5.74, 6) is 1.45. The summed E-state index contributed by atoms with van der Waals surface area (Å²) in [5.41, 5.74) is 4.02. The van der Waals surface area contributed by atoms with Crippen LogP contribution in [-0.4, -0.2) is 110 Å². The van der Waals surface area contributed by atoms with E-state index in [0.717, 1.165) is 64.6 Å². The van der Waals surface area contributed by atoms with Crippen LogP contribution in [0.15, 0.2) is 0 Å². The molecule has 44 heavy (non-hydrogen) atoms. The van der Waals surface area contributed by atoms with E-state index >= 15 is 0 Å². The van der Waals surface area contributed by atoms with E-state index in [1.165, 1.54) is 32.1 Å². The van der Waals surface area contributed by atoms with Gasteiger partial charge in [-0.1, -0.05) is 33.1 Å². The summed E-state index contributed by atoms with van der Waals surface area (Å²) >= 11 is 0. The first-order chi connectivity index (χ1) is 20.7. The van der Waals surface area contributed by atoms with E-state index in [0.29, 0.717) is 25.5 Å². The standard InChI is InChI=1S/C17H28N2O3.C15H27NO3.CH3NO/c1-15(2,3)22-14(21)18-7-6-17(9-18)10-19(11-17)13(20)12-8-16(12,4)5;1-13(19-12-14-5-3-2-4-6-14)11-15(17)16-7-9-18-10-8-16;2-1-3/h12H,6-11H2,1-5H3;13-14H,2-12H2,1H3;1H,(H2,2,3). The Morgan fingerprint density at radius 3 is 2.09 bits per heavy atom. The summed E-state index contributed by atoms with van der Waals surface area (Å²) < 4.78 is 16.6. The first-order valence-electron chi connectivity index (χ1n) is 16.6. The smallest absolute Gasteiger partial charge is 0.410 e. The Kier molecular flexibility index (Phi) is 12.9. The van der Waals surface area contributed by atoms with Crippen molar-refractivity contribution in [3.05, 3.63) is 0 Å². The number of hydrogen-bond acceptors (Lipinski definition) is 7. The summed E-state index contributed by atoms with van der Waals surface area (Å²) in [6.07, 6.45) is 9.21. The number of amides is 4. The van der Waals surface area contributed by atoms with Gasteiger partial charge in [0.05, 0.1) is 25.7 Å². The largest absolute Gasteiger partial charge is 0.444 e. The lowest BCUT2D eigenvalue weighted by atomic mass is 9.78. The predicted octanol–water partition coefficient (Wildman–Crippen LogP) is 3.82. The van der Waals surface area contributed by atoms with Gasteiger partial charge in [0.1, 0.15) is 5.60 Å². The van der Waals surface area contributed by atoms with Gasteiger partial charge in [-0.25, -0.2) is 4.79 Å². The molecule has 2 unspecified atom stereocenters.